The lowest BCUT2D eigenvalue weighted by Crippen LogP contribution is -2.20. The minimum atomic E-state index is -0.424. The van der Waals surface area contributed by atoms with Crippen molar-refractivity contribution in [3.05, 3.63) is 65.7 Å². The summed E-state index contributed by atoms with van der Waals surface area (Å²) < 4.78 is 11.3. The first-order valence-electron chi connectivity index (χ1n) is 7.97. The Balaban J connectivity index is 1.68. The van der Waals surface area contributed by atoms with Crippen molar-refractivity contribution in [3.8, 4) is 5.75 Å². The van der Waals surface area contributed by atoms with Gasteiger partial charge in [-0.05, 0) is 24.3 Å². The number of ether oxygens (including phenoxy) is 1. The maximum atomic E-state index is 12.3. The number of hydrogen-bond donors (Lipinski definition) is 2. The zero-order chi connectivity index (χ0) is 18.1. The molecule has 0 spiro atoms. The number of carbonyl (C=O) groups excluding carboxylic acids is 1. The van der Waals surface area contributed by atoms with Gasteiger partial charge in [0.1, 0.15) is 16.9 Å². The van der Waals surface area contributed by atoms with E-state index in [2.05, 4.69) is 10.6 Å². The summed E-state index contributed by atoms with van der Waals surface area (Å²) in [4.78, 5) is 12.3. The quantitative estimate of drug-likeness (QED) is 0.475. The van der Waals surface area contributed by atoms with Gasteiger partial charge in [0.05, 0.1) is 23.5 Å². The Hall–Kier alpha value is -3.18. The highest BCUT2D eigenvalue weighted by atomic mass is 35.5. The number of furan rings is 1. The molecule has 6 heteroatoms. The number of carbonyl (C=O) groups is 1. The maximum absolute atomic E-state index is 12.3. The van der Waals surface area contributed by atoms with Crippen molar-refractivity contribution in [1.29, 1.82) is 0 Å². The molecule has 4 rings (SSSR count). The normalized spacial score (nSPS) is 10.8. The van der Waals surface area contributed by atoms with Gasteiger partial charge in [0, 0.05) is 16.8 Å². The molecule has 5 nitrogen and oxygen atoms in total. The van der Waals surface area contributed by atoms with Crippen LogP contribution in [-0.4, -0.2) is 13.1 Å². The van der Waals surface area contributed by atoms with Crippen LogP contribution in [0.4, 0.5) is 16.2 Å². The van der Waals surface area contributed by atoms with Crippen molar-refractivity contribution in [2.24, 2.45) is 0 Å². The van der Waals surface area contributed by atoms with E-state index < -0.39 is 6.03 Å². The van der Waals surface area contributed by atoms with E-state index >= 15 is 0 Å². The molecule has 130 valence electrons. The number of fused-ring (bicyclic) bond motifs is 3. The Morgan fingerprint density at radius 2 is 1.65 bits per heavy atom. The molecule has 3 aromatic carbocycles. The molecule has 0 atom stereocenters. The highest BCUT2D eigenvalue weighted by Gasteiger charge is 2.14. The second kappa shape index (κ2) is 6.61. The fourth-order valence-electron chi connectivity index (χ4n) is 2.86. The van der Waals surface area contributed by atoms with Crippen LogP contribution in [0.15, 0.2) is 65.1 Å². The number of rotatable bonds is 3. The first-order valence-corrected chi connectivity index (χ1v) is 8.35. The number of halogens is 1. The number of para-hydroxylation sites is 2. The Bertz CT molecular complexity index is 1120. The van der Waals surface area contributed by atoms with E-state index in [-0.39, 0.29) is 0 Å². The van der Waals surface area contributed by atoms with Crippen molar-refractivity contribution in [3.63, 3.8) is 0 Å². The topological polar surface area (TPSA) is 63.5 Å². The molecule has 2 amide bonds. The van der Waals surface area contributed by atoms with Crippen LogP contribution in [0, 0.1) is 0 Å². The molecule has 2 N–H and O–H groups in total. The molecule has 0 saturated heterocycles. The van der Waals surface area contributed by atoms with Crippen molar-refractivity contribution in [1.82, 2.24) is 0 Å². The molecule has 0 aliphatic rings. The Kier molecular flexibility index (Phi) is 4.14. The summed E-state index contributed by atoms with van der Waals surface area (Å²) in [6.45, 7) is 0. The number of benzene rings is 3. The predicted octanol–water partition coefficient (Wildman–Crippen LogP) is 5.89. The minimum absolute atomic E-state index is 0.424. The molecule has 0 aliphatic carbocycles. The Morgan fingerprint density at radius 3 is 2.46 bits per heavy atom. The number of anilines is 2. The summed E-state index contributed by atoms with van der Waals surface area (Å²) in [6, 6.07) is 18.0. The highest BCUT2D eigenvalue weighted by Crippen LogP contribution is 2.36. The first kappa shape index (κ1) is 16.3. The lowest BCUT2D eigenvalue weighted by molar-refractivity contribution is 0.262. The van der Waals surface area contributed by atoms with E-state index in [9.17, 15) is 4.79 Å². The van der Waals surface area contributed by atoms with Crippen LogP contribution in [0.1, 0.15) is 0 Å². The van der Waals surface area contributed by atoms with E-state index in [1.54, 1.807) is 37.4 Å². The average Bonchev–Trinajstić information content (AvgIpc) is 3.00. The smallest absolute Gasteiger partial charge is 0.323 e. The Labute approximate surface area is 154 Å². The maximum Gasteiger partial charge on any atom is 0.323 e. The second-order valence-electron chi connectivity index (χ2n) is 5.71. The minimum Gasteiger partial charge on any atom is -0.495 e. The summed E-state index contributed by atoms with van der Waals surface area (Å²) in [6.07, 6.45) is 0. The molecular formula is C20H15ClN2O3. The zero-order valence-electron chi connectivity index (χ0n) is 13.9. The molecular weight excluding hydrogens is 352 g/mol. The van der Waals surface area contributed by atoms with E-state index in [1.807, 2.05) is 30.3 Å². The molecule has 0 aliphatic heterocycles. The van der Waals surface area contributed by atoms with Gasteiger partial charge < -0.3 is 19.8 Å². The van der Waals surface area contributed by atoms with E-state index in [1.165, 1.54) is 0 Å². The van der Waals surface area contributed by atoms with Crippen LogP contribution in [0.3, 0.4) is 0 Å². The number of urea groups is 1. The van der Waals surface area contributed by atoms with Crippen LogP contribution < -0.4 is 15.4 Å². The number of amides is 2. The van der Waals surface area contributed by atoms with Gasteiger partial charge in [-0.3, -0.25) is 0 Å². The van der Waals surface area contributed by atoms with Crippen LogP contribution in [0.5, 0.6) is 5.75 Å². The van der Waals surface area contributed by atoms with Gasteiger partial charge in [-0.25, -0.2) is 4.79 Å². The van der Waals surface area contributed by atoms with Gasteiger partial charge >= 0.3 is 6.03 Å². The fraction of sp³-hybridized carbons (Fsp3) is 0.0500. The van der Waals surface area contributed by atoms with Gasteiger partial charge in [-0.2, -0.15) is 0 Å². The average molecular weight is 367 g/mol. The number of methoxy groups -OCH3 is 1. The molecule has 0 saturated carbocycles. The van der Waals surface area contributed by atoms with Crippen molar-refractivity contribution < 1.29 is 13.9 Å². The highest BCUT2D eigenvalue weighted by molar-refractivity contribution is 6.33. The van der Waals surface area contributed by atoms with Gasteiger partial charge in [0.25, 0.3) is 0 Å². The summed E-state index contributed by atoms with van der Waals surface area (Å²) in [5.74, 6) is 0.540. The summed E-state index contributed by atoms with van der Waals surface area (Å²) >= 11 is 6.07. The first-order chi connectivity index (χ1) is 12.7. The summed E-state index contributed by atoms with van der Waals surface area (Å²) in [5.41, 5.74) is 2.47. The monoisotopic (exact) mass is 366 g/mol. The number of nitrogens with one attached hydrogen (secondary N) is 2. The standard InChI is InChI=1S/C20H15ClN2O3/c1-25-19-10-13-12-6-2-5-9-17(12)26-18(13)11-16(19)23-20(24)22-15-8-4-3-7-14(15)21/h2-11H,1H3,(H2,22,23,24). The third kappa shape index (κ3) is 2.93. The van der Waals surface area contributed by atoms with Gasteiger partial charge in [-0.1, -0.05) is 41.9 Å². The van der Waals surface area contributed by atoms with Gasteiger partial charge in [0.15, 0.2) is 0 Å². The lowest BCUT2D eigenvalue weighted by Gasteiger charge is -2.12. The van der Waals surface area contributed by atoms with E-state index in [0.717, 1.165) is 16.4 Å². The van der Waals surface area contributed by atoms with Crippen molar-refractivity contribution in [2.45, 2.75) is 0 Å². The van der Waals surface area contributed by atoms with Crippen LogP contribution in [0.25, 0.3) is 21.9 Å². The molecule has 0 fully saturated rings. The third-order valence-electron chi connectivity index (χ3n) is 4.07. The van der Waals surface area contributed by atoms with Crippen LogP contribution >= 0.6 is 11.6 Å². The molecule has 0 unspecified atom stereocenters. The second-order valence-corrected chi connectivity index (χ2v) is 6.11. The zero-order valence-corrected chi connectivity index (χ0v) is 14.6. The largest absolute Gasteiger partial charge is 0.495 e. The number of hydrogen-bond acceptors (Lipinski definition) is 3. The molecule has 0 bridgehead atoms. The van der Waals surface area contributed by atoms with Crippen LogP contribution in [0.2, 0.25) is 5.02 Å². The molecule has 1 heterocycles. The summed E-state index contributed by atoms with van der Waals surface area (Å²) in [5, 5.41) is 7.88. The molecule has 4 aromatic rings. The van der Waals surface area contributed by atoms with Crippen LogP contribution in [-0.2, 0) is 0 Å². The van der Waals surface area contributed by atoms with Crippen molar-refractivity contribution in [2.75, 3.05) is 17.7 Å². The Morgan fingerprint density at radius 1 is 0.923 bits per heavy atom. The third-order valence-corrected chi connectivity index (χ3v) is 4.40. The SMILES string of the molecule is COc1cc2c(cc1NC(=O)Nc1ccccc1Cl)oc1ccccc12. The lowest BCUT2D eigenvalue weighted by atomic mass is 10.1. The van der Waals surface area contributed by atoms with Crippen molar-refractivity contribution >= 4 is 50.9 Å². The van der Waals surface area contributed by atoms with E-state index in [4.69, 9.17) is 20.8 Å². The fourth-order valence-corrected chi connectivity index (χ4v) is 3.04. The van der Waals surface area contributed by atoms with Gasteiger partial charge in [-0.15, -0.1) is 0 Å². The molecule has 26 heavy (non-hydrogen) atoms. The van der Waals surface area contributed by atoms with E-state index in [0.29, 0.717) is 27.7 Å². The summed E-state index contributed by atoms with van der Waals surface area (Å²) in [7, 11) is 1.56. The van der Waals surface area contributed by atoms with Gasteiger partial charge in [0.2, 0.25) is 0 Å². The predicted molar refractivity (Wildman–Crippen MR) is 104 cm³/mol. The molecule has 0 radical (unpaired) electrons. The molecule has 1 aromatic heterocycles.